The van der Waals surface area contributed by atoms with Crippen molar-refractivity contribution in [2.75, 3.05) is 11.9 Å². The third-order valence-electron chi connectivity index (χ3n) is 3.85. The van der Waals surface area contributed by atoms with Crippen molar-refractivity contribution in [3.05, 3.63) is 40.4 Å². The molecule has 24 heavy (non-hydrogen) atoms. The number of hydrogen-bond donors (Lipinski definition) is 2. The summed E-state index contributed by atoms with van der Waals surface area (Å²) in [5.41, 5.74) is 1.20. The topological polar surface area (TPSA) is 110 Å². The average Bonchev–Trinajstić information content (AvgIpc) is 3.30. The number of hydrogen-bond acceptors (Lipinski definition) is 5. The van der Waals surface area contributed by atoms with Gasteiger partial charge in [-0.2, -0.15) is 5.10 Å². The molecule has 1 aromatic carbocycles. The van der Waals surface area contributed by atoms with Gasteiger partial charge in [0, 0.05) is 23.8 Å². The van der Waals surface area contributed by atoms with Gasteiger partial charge < -0.3 is 10.1 Å². The summed E-state index contributed by atoms with van der Waals surface area (Å²) in [6, 6.07) is 7.82. The summed E-state index contributed by atoms with van der Waals surface area (Å²) in [5, 5.41) is 20.3. The molecule has 0 radical (unpaired) electrons. The van der Waals surface area contributed by atoms with Crippen LogP contribution in [0.2, 0.25) is 0 Å². The number of ether oxygens (including phenoxy) is 1. The van der Waals surface area contributed by atoms with E-state index in [2.05, 4.69) is 15.5 Å². The van der Waals surface area contributed by atoms with Gasteiger partial charge in [0.15, 0.2) is 5.82 Å². The highest BCUT2D eigenvalue weighted by atomic mass is 16.6. The van der Waals surface area contributed by atoms with Crippen molar-refractivity contribution < 1.29 is 14.5 Å². The molecular formula is C16H18N4O4. The zero-order chi connectivity index (χ0) is 17.1. The molecule has 0 spiro atoms. The lowest BCUT2D eigenvalue weighted by atomic mass is 10.1. The largest absolute Gasteiger partial charge is 0.368 e. The number of carbonyl (C=O) groups excluding carboxylic acids is 1. The molecule has 1 heterocycles. The molecule has 1 aliphatic carbocycles. The predicted molar refractivity (Wildman–Crippen MR) is 87.4 cm³/mol. The van der Waals surface area contributed by atoms with Crippen molar-refractivity contribution >= 4 is 17.4 Å². The zero-order valence-corrected chi connectivity index (χ0v) is 13.2. The number of amides is 1. The lowest BCUT2D eigenvalue weighted by molar-refractivity contribution is -0.384. The fraction of sp³-hybridized carbons (Fsp3) is 0.375. The van der Waals surface area contributed by atoms with E-state index in [1.54, 1.807) is 25.1 Å². The molecular weight excluding hydrogens is 312 g/mol. The fourth-order valence-electron chi connectivity index (χ4n) is 2.19. The molecule has 0 saturated heterocycles. The highest BCUT2D eigenvalue weighted by Crippen LogP contribution is 2.29. The first kappa shape index (κ1) is 16.1. The first-order valence-electron chi connectivity index (χ1n) is 7.75. The van der Waals surface area contributed by atoms with Gasteiger partial charge in [-0.3, -0.25) is 20.0 Å². The van der Waals surface area contributed by atoms with Gasteiger partial charge in [-0.15, -0.1) is 0 Å². The van der Waals surface area contributed by atoms with E-state index in [4.69, 9.17) is 4.74 Å². The average molecular weight is 330 g/mol. The Bertz CT molecular complexity index is 754. The van der Waals surface area contributed by atoms with Crippen molar-refractivity contribution in [3.8, 4) is 11.3 Å². The third-order valence-corrected chi connectivity index (χ3v) is 3.85. The SMILES string of the molecule is C[C@H](OCC1CC1)C(=O)Nc1cc(-c2cccc([N+](=O)[O-])c2)[nH]n1. The molecule has 2 aromatic rings. The van der Waals surface area contributed by atoms with Crippen molar-refractivity contribution in [1.82, 2.24) is 10.2 Å². The Hall–Kier alpha value is -2.74. The predicted octanol–water partition coefficient (Wildman–Crippen LogP) is 2.74. The molecule has 1 aromatic heterocycles. The number of nitro benzene ring substituents is 1. The summed E-state index contributed by atoms with van der Waals surface area (Å²) in [6.45, 7) is 2.31. The Labute approximate surface area is 138 Å². The zero-order valence-electron chi connectivity index (χ0n) is 13.2. The maximum atomic E-state index is 12.1. The van der Waals surface area contributed by atoms with E-state index in [-0.39, 0.29) is 11.6 Å². The minimum Gasteiger partial charge on any atom is -0.368 e. The molecule has 3 rings (SSSR count). The van der Waals surface area contributed by atoms with Crippen LogP contribution in [-0.2, 0) is 9.53 Å². The van der Waals surface area contributed by atoms with Gasteiger partial charge in [-0.05, 0) is 25.7 Å². The van der Waals surface area contributed by atoms with Crippen molar-refractivity contribution in [2.45, 2.75) is 25.9 Å². The third kappa shape index (κ3) is 3.96. The fourth-order valence-corrected chi connectivity index (χ4v) is 2.19. The van der Waals surface area contributed by atoms with Gasteiger partial charge >= 0.3 is 0 Å². The van der Waals surface area contributed by atoms with Crippen LogP contribution in [0.15, 0.2) is 30.3 Å². The minimum absolute atomic E-state index is 0.00483. The number of rotatable bonds is 7. The molecule has 126 valence electrons. The molecule has 1 fully saturated rings. The second-order valence-electron chi connectivity index (χ2n) is 5.88. The number of nitrogens with zero attached hydrogens (tertiary/aromatic N) is 2. The number of carbonyl (C=O) groups is 1. The van der Waals surface area contributed by atoms with Crippen LogP contribution in [0.4, 0.5) is 11.5 Å². The lowest BCUT2D eigenvalue weighted by Crippen LogP contribution is -2.28. The van der Waals surface area contributed by atoms with Crippen LogP contribution in [0, 0.1) is 16.0 Å². The first-order chi connectivity index (χ1) is 11.5. The quantitative estimate of drug-likeness (QED) is 0.599. The number of non-ortho nitro benzene ring substituents is 1. The Morgan fingerprint density at radius 1 is 1.50 bits per heavy atom. The van der Waals surface area contributed by atoms with E-state index in [1.807, 2.05) is 0 Å². The number of nitrogens with one attached hydrogen (secondary N) is 2. The van der Waals surface area contributed by atoms with Gasteiger partial charge in [-0.25, -0.2) is 0 Å². The van der Waals surface area contributed by atoms with Crippen LogP contribution in [-0.4, -0.2) is 33.7 Å². The maximum Gasteiger partial charge on any atom is 0.270 e. The number of aromatic nitrogens is 2. The second-order valence-corrected chi connectivity index (χ2v) is 5.88. The van der Waals surface area contributed by atoms with E-state index < -0.39 is 11.0 Å². The van der Waals surface area contributed by atoms with Crippen LogP contribution < -0.4 is 5.32 Å². The maximum absolute atomic E-state index is 12.1. The Balaban J connectivity index is 1.63. The smallest absolute Gasteiger partial charge is 0.270 e. The van der Waals surface area contributed by atoms with Gasteiger partial charge in [0.1, 0.15) is 6.10 Å². The molecule has 0 unspecified atom stereocenters. The molecule has 1 amide bonds. The molecule has 1 saturated carbocycles. The molecule has 2 N–H and O–H groups in total. The number of H-pyrrole nitrogens is 1. The highest BCUT2D eigenvalue weighted by Gasteiger charge is 2.24. The summed E-state index contributed by atoms with van der Waals surface area (Å²) in [6.07, 6.45) is 1.78. The minimum atomic E-state index is -0.552. The van der Waals surface area contributed by atoms with Crippen molar-refractivity contribution in [1.29, 1.82) is 0 Å². The van der Waals surface area contributed by atoms with E-state index >= 15 is 0 Å². The number of aromatic amines is 1. The van der Waals surface area contributed by atoms with Gasteiger partial charge in [0.2, 0.25) is 0 Å². The van der Waals surface area contributed by atoms with Gasteiger partial charge in [0.25, 0.3) is 11.6 Å². The molecule has 8 nitrogen and oxygen atoms in total. The Morgan fingerprint density at radius 3 is 3.00 bits per heavy atom. The molecule has 1 aliphatic rings. The number of anilines is 1. The van der Waals surface area contributed by atoms with Crippen molar-refractivity contribution in [3.63, 3.8) is 0 Å². The Morgan fingerprint density at radius 2 is 2.29 bits per heavy atom. The van der Waals surface area contributed by atoms with E-state index in [0.29, 0.717) is 29.6 Å². The van der Waals surface area contributed by atoms with Crippen LogP contribution in [0.25, 0.3) is 11.3 Å². The first-order valence-corrected chi connectivity index (χ1v) is 7.75. The number of nitro groups is 1. The van der Waals surface area contributed by atoms with Crippen LogP contribution in [0.1, 0.15) is 19.8 Å². The lowest BCUT2D eigenvalue weighted by Gasteiger charge is -2.11. The van der Waals surface area contributed by atoms with Crippen LogP contribution >= 0.6 is 0 Å². The normalized spacial score (nSPS) is 15.0. The van der Waals surface area contributed by atoms with E-state index in [1.165, 1.54) is 25.0 Å². The summed E-state index contributed by atoms with van der Waals surface area (Å²) in [5.74, 6) is 0.669. The van der Waals surface area contributed by atoms with Gasteiger partial charge in [0.05, 0.1) is 17.2 Å². The molecule has 0 bridgehead atoms. The summed E-state index contributed by atoms with van der Waals surface area (Å²) in [7, 11) is 0. The summed E-state index contributed by atoms with van der Waals surface area (Å²) >= 11 is 0. The Kier molecular flexibility index (Phi) is 4.57. The highest BCUT2D eigenvalue weighted by molar-refractivity contribution is 5.93. The van der Waals surface area contributed by atoms with Gasteiger partial charge in [-0.1, -0.05) is 12.1 Å². The number of benzene rings is 1. The van der Waals surface area contributed by atoms with E-state index in [0.717, 1.165) is 0 Å². The summed E-state index contributed by atoms with van der Waals surface area (Å²) < 4.78 is 5.51. The standard InChI is InChI=1S/C16H18N4O4/c1-10(24-9-11-5-6-11)16(21)17-15-8-14(18-19-15)12-3-2-4-13(7-12)20(22)23/h2-4,7-8,10-11H,5-6,9H2,1H3,(H2,17,18,19,21)/t10-/m0/s1. The summed E-state index contributed by atoms with van der Waals surface area (Å²) in [4.78, 5) is 22.4. The van der Waals surface area contributed by atoms with E-state index in [9.17, 15) is 14.9 Å². The molecule has 8 heteroatoms. The molecule has 0 aliphatic heterocycles. The second kappa shape index (κ2) is 6.79. The van der Waals surface area contributed by atoms with Crippen molar-refractivity contribution in [2.24, 2.45) is 5.92 Å². The van der Waals surface area contributed by atoms with Crippen LogP contribution in [0.5, 0.6) is 0 Å². The molecule has 1 atom stereocenters. The monoisotopic (exact) mass is 330 g/mol. The van der Waals surface area contributed by atoms with Crippen LogP contribution in [0.3, 0.4) is 0 Å².